The average Bonchev–Trinajstić information content (AvgIpc) is 2.93. The second-order valence-corrected chi connectivity index (χ2v) is 5.28. The average molecular weight is 252 g/mol. The minimum absolute atomic E-state index is 0.363. The van der Waals surface area contributed by atoms with Crippen LogP contribution in [0.1, 0.15) is 34.7 Å². The Bertz CT molecular complexity index is 548. The van der Waals surface area contributed by atoms with Crippen LogP contribution in [0, 0.1) is 0 Å². The van der Waals surface area contributed by atoms with Gasteiger partial charge in [-0.05, 0) is 67.1 Å². The van der Waals surface area contributed by atoms with Crippen molar-refractivity contribution in [2.75, 3.05) is 7.05 Å². The van der Waals surface area contributed by atoms with Crippen molar-refractivity contribution >= 4 is 0 Å². The number of nitrogens with zero attached hydrogens (tertiary/aromatic N) is 1. The van der Waals surface area contributed by atoms with Gasteiger partial charge in [0.1, 0.15) is 0 Å². The molecule has 1 N–H and O–H groups in total. The zero-order valence-corrected chi connectivity index (χ0v) is 11.4. The van der Waals surface area contributed by atoms with Gasteiger partial charge in [-0.1, -0.05) is 18.2 Å². The normalized spacial score (nSPS) is 15.2. The molecule has 0 saturated heterocycles. The Hall–Kier alpha value is -1.67. The van der Waals surface area contributed by atoms with Crippen LogP contribution in [-0.4, -0.2) is 12.0 Å². The molecule has 1 aromatic heterocycles. The molecular formula is C17H20N2. The van der Waals surface area contributed by atoms with Gasteiger partial charge in [-0.15, -0.1) is 0 Å². The number of hydrogen-bond donors (Lipinski definition) is 1. The highest BCUT2D eigenvalue weighted by Gasteiger charge is 2.14. The van der Waals surface area contributed by atoms with E-state index in [0.717, 1.165) is 6.42 Å². The quantitative estimate of drug-likeness (QED) is 0.904. The van der Waals surface area contributed by atoms with Gasteiger partial charge in [0.2, 0.25) is 0 Å². The van der Waals surface area contributed by atoms with Gasteiger partial charge in [-0.2, -0.15) is 0 Å². The lowest BCUT2D eigenvalue weighted by Gasteiger charge is -2.17. The smallest absolute Gasteiger partial charge is 0.0359 e. The molecule has 0 amide bonds. The first-order chi connectivity index (χ1) is 9.36. The highest BCUT2D eigenvalue weighted by Crippen LogP contribution is 2.25. The van der Waals surface area contributed by atoms with Crippen LogP contribution in [0.15, 0.2) is 42.7 Å². The first-order valence-corrected chi connectivity index (χ1v) is 7.04. The van der Waals surface area contributed by atoms with E-state index in [1.165, 1.54) is 30.4 Å². The van der Waals surface area contributed by atoms with Crippen molar-refractivity contribution in [3.05, 3.63) is 65.0 Å². The maximum atomic E-state index is 4.09. The maximum Gasteiger partial charge on any atom is 0.0359 e. The van der Waals surface area contributed by atoms with E-state index in [9.17, 15) is 0 Å². The summed E-state index contributed by atoms with van der Waals surface area (Å²) in [7, 11) is 2.03. The van der Waals surface area contributed by atoms with E-state index in [2.05, 4.69) is 40.6 Å². The molecule has 0 radical (unpaired) electrons. The molecule has 98 valence electrons. The monoisotopic (exact) mass is 252 g/mol. The summed E-state index contributed by atoms with van der Waals surface area (Å²) < 4.78 is 0. The lowest BCUT2D eigenvalue weighted by molar-refractivity contribution is 0.591. The fourth-order valence-corrected chi connectivity index (χ4v) is 2.97. The van der Waals surface area contributed by atoms with Gasteiger partial charge in [-0.3, -0.25) is 4.98 Å². The minimum atomic E-state index is 0.363. The molecule has 1 aliphatic carbocycles. The van der Waals surface area contributed by atoms with E-state index in [-0.39, 0.29) is 0 Å². The van der Waals surface area contributed by atoms with Gasteiger partial charge < -0.3 is 5.32 Å². The molecule has 0 aliphatic heterocycles. The predicted octanol–water partition coefficient (Wildman–Crippen LogP) is 3.07. The van der Waals surface area contributed by atoms with Crippen molar-refractivity contribution < 1.29 is 0 Å². The van der Waals surface area contributed by atoms with Gasteiger partial charge in [0.25, 0.3) is 0 Å². The van der Waals surface area contributed by atoms with E-state index in [4.69, 9.17) is 0 Å². The largest absolute Gasteiger partial charge is 0.313 e. The third-order valence-corrected chi connectivity index (χ3v) is 4.06. The van der Waals surface area contributed by atoms with Gasteiger partial charge in [0.05, 0.1) is 0 Å². The maximum absolute atomic E-state index is 4.09. The summed E-state index contributed by atoms with van der Waals surface area (Å²) in [5.74, 6) is 0. The standard InChI is InChI=1S/C17H20N2/c1-18-17(15-7-9-19-10-8-15)12-13-5-6-14-3-2-4-16(14)11-13/h5-11,17-18H,2-4,12H2,1H3. The van der Waals surface area contributed by atoms with E-state index in [1.54, 1.807) is 11.1 Å². The SMILES string of the molecule is CNC(Cc1ccc2c(c1)CCC2)c1ccncc1. The third kappa shape index (κ3) is 2.69. The lowest BCUT2D eigenvalue weighted by atomic mass is 9.97. The molecule has 2 heteroatoms. The highest BCUT2D eigenvalue weighted by atomic mass is 14.9. The second-order valence-electron chi connectivity index (χ2n) is 5.28. The molecule has 1 unspecified atom stereocenters. The number of fused-ring (bicyclic) bond motifs is 1. The predicted molar refractivity (Wildman–Crippen MR) is 78.2 cm³/mol. The fourth-order valence-electron chi connectivity index (χ4n) is 2.97. The van der Waals surface area contributed by atoms with Crippen molar-refractivity contribution in [2.45, 2.75) is 31.7 Å². The zero-order valence-electron chi connectivity index (χ0n) is 11.4. The van der Waals surface area contributed by atoms with Gasteiger partial charge in [0, 0.05) is 18.4 Å². The van der Waals surface area contributed by atoms with Crippen molar-refractivity contribution in [3.8, 4) is 0 Å². The number of nitrogens with one attached hydrogen (secondary N) is 1. The lowest BCUT2D eigenvalue weighted by Crippen LogP contribution is -2.18. The molecule has 0 bridgehead atoms. The van der Waals surface area contributed by atoms with E-state index >= 15 is 0 Å². The molecule has 2 aromatic rings. The molecule has 2 nitrogen and oxygen atoms in total. The summed E-state index contributed by atoms with van der Waals surface area (Å²) in [6.07, 6.45) is 8.59. The Kier molecular flexibility index (Phi) is 3.60. The second kappa shape index (κ2) is 5.54. The Morgan fingerprint density at radius 3 is 2.68 bits per heavy atom. The van der Waals surface area contributed by atoms with Crippen LogP contribution in [0.5, 0.6) is 0 Å². The van der Waals surface area contributed by atoms with Crippen molar-refractivity contribution in [1.29, 1.82) is 0 Å². The third-order valence-electron chi connectivity index (χ3n) is 4.06. The van der Waals surface area contributed by atoms with E-state index in [1.807, 2.05) is 19.4 Å². The summed E-state index contributed by atoms with van der Waals surface area (Å²) in [4.78, 5) is 4.09. The Morgan fingerprint density at radius 1 is 1.11 bits per heavy atom. The molecular weight excluding hydrogens is 232 g/mol. The summed E-state index contributed by atoms with van der Waals surface area (Å²) >= 11 is 0. The van der Waals surface area contributed by atoms with E-state index < -0.39 is 0 Å². The van der Waals surface area contributed by atoms with Crippen LogP contribution < -0.4 is 5.32 Å². The van der Waals surface area contributed by atoms with Gasteiger partial charge in [-0.25, -0.2) is 0 Å². The van der Waals surface area contributed by atoms with Crippen molar-refractivity contribution in [2.24, 2.45) is 0 Å². The Balaban J connectivity index is 1.80. The van der Waals surface area contributed by atoms with Crippen LogP contribution in [0.2, 0.25) is 0 Å². The fraction of sp³-hybridized carbons (Fsp3) is 0.353. The van der Waals surface area contributed by atoms with Crippen LogP contribution in [0.25, 0.3) is 0 Å². The number of pyridine rings is 1. The molecule has 19 heavy (non-hydrogen) atoms. The van der Waals surface area contributed by atoms with Crippen LogP contribution in [0.3, 0.4) is 0 Å². The van der Waals surface area contributed by atoms with Crippen LogP contribution in [0.4, 0.5) is 0 Å². The minimum Gasteiger partial charge on any atom is -0.313 e. The molecule has 0 saturated carbocycles. The Morgan fingerprint density at radius 2 is 1.89 bits per heavy atom. The number of aryl methyl sites for hydroxylation is 2. The number of aromatic nitrogens is 1. The summed E-state index contributed by atoms with van der Waals surface area (Å²) in [6, 6.07) is 11.5. The first kappa shape index (κ1) is 12.4. The van der Waals surface area contributed by atoms with Gasteiger partial charge >= 0.3 is 0 Å². The molecule has 1 heterocycles. The van der Waals surface area contributed by atoms with E-state index in [0.29, 0.717) is 6.04 Å². The van der Waals surface area contributed by atoms with Crippen LogP contribution in [-0.2, 0) is 19.3 Å². The van der Waals surface area contributed by atoms with Crippen LogP contribution >= 0.6 is 0 Å². The highest BCUT2D eigenvalue weighted by molar-refractivity contribution is 5.36. The number of benzene rings is 1. The molecule has 0 spiro atoms. The van der Waals surface area contributed by atoms with Gasteiger partial charge in [0.15, 0.2) is 0 Å². The number of hydrogen-bond acceptors (Lipinski definition) is 2. The number of rotatable bonds is 4. The van der Waals surface area contributed by atoms with Crippen molar-refractivity contribution in [3.63, 3.8) is 0 Å². The summed E-state index contributed by atoms with van der Waals surface area (Å²) in [5, 5.41) is 3.41. The van der Waals surface area contributed by atoms with Crippen molar-refractivity contribution in [1.82, 2.24) is 10.3 Å². The summed E-state index contributed by atoms with van der Waals surface area (Å²) in [6.45, 7) is 0. The molecule has 1 aromatic carbocycles. The first-order valence-electron chi connectivity index (χ1n) is 7.04. The topological polar surface area (TPSA) is 24.9 Å². The molecule has 1 aliphatic rings. The zero-order chi connectivity index (χ0) is 13.1. The molecule has 3 rings (SSSR count). The Labute approximate surface area is 114 Å². The molecule has 1 atom stereocenters. The number of likely N-dealkylation sites (N-methyl/N-ethyl adjacent to an activating group) is 1. The molecule has 0 fully saturated rings. The summed E-state index contributed by atoms with van der Waals surface area (Å²) in [5.41, 5.74) is 5.84.